The molecule has 0 radical (unpaired) electrons. The first kappa shape index (κ1) is 16.7. The topological polar surface area (TPSA) is 49.8 Å². The standard InChI is InChI=1S/C17H23BrN4/c1-11(2)7-8-19-16-10-17(21-13(4)20-16)22-14-6-5-12(3)15(18)9-14/h5-6,9-11H,7-8H2,1-4H3,(H2,19,20,21,22). The van der Waals surface area contributed by atoms with Gasteiger partial charge in [0.2, 0.25) is 0 Å². The van der Waals surface area contributed by atoms with Gasteiger partial charge in [-0.2, -0.15) is 0 Å². The highest BCUT2D eigenvalue weighted by Gasteiger charge is 2.04. The molecule has 0 aliphatic heterocycles. The highest BCUT2D eigenvalue weighted by Crippen LogP contribution is 2.23. The molecule has 0 spiro atoms. The monoisotopic (exact) mass is 362 g/mol. The number of anilines is 3. The van der Waals surface area contributed by atoms with Crippen molar-refractivity contribution in [3.8, 4) is 0 Å². The number of nitrogens with zero attached hydrogens (tertiary/aromatic N) is 2. The molecule has 0 atom stereocenters. The summed E-state index contributed by atoms with van der Waals surface area (Å²) in [5.74, 6) is 3.10. The number of halogens is 1. The maximum absolute atomic E-state index is 4.45. The SMILES string of the molecule is Cc1nc(NCCC(C)C)cc(Nc2ccc(C)c(Br)c2)n1. The van der Waals surface area contributed by atoms with E-state index in [1.54, 1.807) is 0 Å². The van der Waals surface area contributed by atoms with Gasteiger partial charge in [0.15, 0.2) is 0 Å². The molecule has 0 amide bonds. The van der Waals surface area contributed by atoms with E-state index in [0.29, 0.717) is 5.92 Å². The summed E-state index contributed by atoms with van der Waals surface area (Å²) in [6.07, 6.45) is 1.12. The van der Waals surface area contributed by atoms with Crippen molar-refractivity contribution < 1.29 is 0 Å². The molecule has 2 rings (SSSR count). The lowest BCUT2D eigenvalue weighted by atomic mass is 10.1. The number of benzene rings is 1. The van der Waals surface area contributed by atoms with Crippen LogP contribution in [0, 0.1) is 19.8 Å². The van der Waals surface area contributed by atoms with E-state index in [-0.39, 0.29) is 0 Å². The van der Waals surface area contributed by atoms with Gasteiger partial charge in [0.1, 0.15) is 17.5 Å². The van der Waals surface area contributed by atoms with Gasteiger partial charge in [0, 0.05) is 22.8 Å². The van der Waals surface area contributed by atoms with Gasteiger partial charge in [-0.3, -0.25) is 0 Å². The highest BCUT2D eigenvalue weighted by molar-refractivity contribution is 9.10. The second-order valence-electron chi connectivity index (χ2n) is 5.88. The number of aromatic nitrogens is 2. The summed E-state index contributed by atoms with van der Waals surface area (Å²) in [5, 5.41) is 6.69. The summed E-state index contributed by atoms with van der Waals surface area (Å²) in [4.78, 5) is 8.88. The zero-order valence-corrected chi connectivity index (χ0v) is 15.2. The molecule has 1 heterocycles. The minimum atomic E-state index is 0.679. The predicted octanol–water partition coefficient (Wildman–Crippen LogP) is 5.06. The van der Waals surface area contributed by atoms with Crippen LogP contribution < -0.4 is 10.6 Å². The molecule has 4 nitrogen and oxygen atoms in total. The molecule has 0 bridgehead atoms. The molecule has 1 aromatic carbocycles. The van der Waals surface area contributed by atoms with Crippen LogP contribution in [0.15, 0.2) is 28.7 Å². The molecule has 22 heavy (non-hydrogen) atoms. The fourth-order valence-electron chi connectivity index (χ4n) is 2.03. The summed E-state index contributed by atoms with van der Waals surface area (Å²) >= 11 is 3.55. The van der Waals surface area contributed by atoms with E-state index in [1.807, 2.05) is 19.1 Å². The average Bonchev–Trinajstić information content (AvgIpc) is 2.42. The first-order chi connectivity index (χ1) is 10.4. The molecule has 5 heteroatoms. The fraction of sp³-hybridized carbons (Fsp3) is 0.412. The third-order valence-corrected chi connectivity index (χ3v) is 4.16. The van der Waals surface area contributed by atoms with E-state index in [0.717, 1.165) is 40.6 Å². The van der Waals surface area contributed by atoms with Gasteiger partial charge in [0.05, 0.1) is 0 Å². The van der Waals surface area contributed by atoms with Crippen LogP contribution in [0.5, 0.6) is 0 Å². The highest BCUT2D eigenvalue weighted by atomic mass is 79.9. The molecular weight excluding hydrogens is 340 g/mol. The van der Waals surface area contributed by atoms with Crippen molar-refractivity contribution in [2.24, 2.45) is 5.92 Å². The van der Waals surface area contributed by atoms with Gasteiger partial charge in [-0.05, 0) is 43.9 Å². The zero-order chi connectivity index (χ0) is 16.1. The molecule has 0 saturated heterocycles. The summed E-state index contributed by atoms with van der Waals surface area (Å²) in [6.45, 7) is 9.33. The Morgan fingerprint density at radius 2 is 1.82 bits per heavy atom. The summed E-state index contributed by atoms with van der Waals surface area (Å²) in [7, 11) is 0. The van der Waals surface area contributed by atoms with Crippen LogP contribution in [0.25, 0.3) is 0 Å². The van der Waals surface area contributed by atoms with Crippen LogP contribution in [-0.4, -0.2) is 16.5 Å². The molecule has 0 unspecified atom stereocenters. The van der Waals surface area contributed by atoms with E-state index in [1.165, 1.54) is 5.56 Å². The zero-order valence-electron chi connectivity index (χ0n) is 13.6. The Hall–Kier alpha value is -1.62. The van der Waals surface area contributed by atoms with Crippen molar-refractivity contribution >= 4 is 33.3 Å². The summed E-state index contributed by atoms with van der Waals surface area (Å²) in [5.41, 5.74) is 2.21. The van der Waals surface area contributed by atoms with Crippen molar-refractivity contribution in [2.75, 3.05) is 17.2 Å². The second-order valence-corrected chi connectivity index (χ2v) is 6.74. The predicted molar refractivity (Wildman–Crippen MR) is 96.9 cm³/mol. The lowest BCUT2D eigenvalue weighted by Gasteiger charge is -2.11. The van der Waals surface area contributed by atoms with Crippen LogP contribution in [0.3, 0.4) is 0 Å². The Bertz CT molecular complexity index is 641. The lowest BCUT2D eigenvalue weighted by Crippen LogP contribution is -2.08. The van der Waals surface area contributed by atoms with Crippen LogP contribution >= 0.6 is 15.9 Å². The molecule has 1 aromatic heterocycles. The Balaban J connectivity index is 2.10. The van der Waals surface area contributed by atoms with Crippen LogP contribution in [-0.2, 0) is 0 Å². The number of nitrogens with one attached hydrogen (secondary N) is 2. The molecule has 2 N–H and O–H groups in total. The second kappa shape index (κ2) is 7.58. The van der Waals surface area contributed by atoms with Crippen LogP contribution in [0.2, 0.25) is 0 Å². The fourth-order valence-corrected chi connectivity index (χ4v) is 2.41. The number of rotatable bonds is 6. The molecule has 118 valence electrons. The molecule has 2 aromatic rings. The van der Waals surface area contributed by atoms with E-state index < -0.39 is 0 Å². The maximum Gasteiger partial charge on any atom is 0.136 e. The Morgan fingerprint density at radius 1 is 1.09 bits per heavy atom. The van der Waals surface area contributed by atoms with Crippen molar-refractivity contribution in [3.63, 3.8) is 0 Å². The Kier molecular flexibility index (Phi) is 5.77. The third kappa shape index (κ3) is 4.98. The van der Waals surface area contributed by atoms with Gasteiger partial charge >= 0.3 is 0 Å². The van der Waals surface area contributed by atoms with Crippen molar-refractivity contribution in [3.05, 3.63) is 40.1 Å². The lowest BCUT2D eigenvalue weighted by molar-refractivity contribution is 0.606. The minimum Gasteiger partial charge on any atom is -0.370 e. The van der Waals surface area contributed by atoms with Gasteiger partial charge in [-0.25, -0.2) is 9.97 Å². The first-order valence-electron chi connectivity index (χ1n) is 7.57. The third-order valence-electron chi connectivity index (χ3n) is 3.31. The molecular formula is C17H23BrN4. The van der Waals surface area contributed by atoms with Crippen LogP contribution in [0.4, 0.5) is 17.3 Å². The number of hydrogen-bond acceptors (Lipinski definition) is 4. The van der Waals surface area contributed by atoms with E-state index in [4.69, 9.17) is 0 Å². The van der Waals surface area contributed by atoms with Gasteiger partial charge < -0.3 is 10.6 Å². The normalized spacial score (nSPS) is 10.8. The van der Waals surface area contributed by atoms with Gasteiger partial charge in [-0.1, -0.05) is 35.8 Å². The summed E-state index contributed by atoms with van der Waals surface area (Å²) < 4.78 is 1.08. The van der Waals surface area contributed by atoms with E-state index >= 15 is 0 Å². The molecule has 0 aliphatic carbocycles. The van der Waals surface area contributed by atoms with Gasteiger partial charge in [0.25, 0.3) is 0 Å². The first-order valence-corrected chi connectivity index (χ1v) is 8.36. The van der Waals surface area contributed by atoms with Crippen molar-refractivity contribution in [1.29, 1.82) is 0 Å². The van der Waals surface area contributed by atoms with Gasteiger partial charge in [-0.15, -0.1) is 0 Å². The molecule has 0 aliphatic rings. The smallest absolute Gasteiger partial charge is 0.136 e. The summed E-state index contributed by atoms with van der Waals surface area (Å²) in [6, 6.07) is 8.12. The number of hydrogen-bond donors (Lipinski definition) is 2. The Labute approximate surface area is 140 Å². The molecule has 0 fully saturated rings. The minimum absolute atomic E-state index is 0.679. The van der Waals surface area contributed by atoms with Crippen molar-refractivity contribution in [1.82, 2.24) is 9.97 Å². The molecule has 0 saturated carbocycles. The van der Waals surface area contributed by atoms with E-state index in [9.17, 15) is 0 Å². The largest absolute Gasteiger partial charge is 0.370 e. The van der Waals surface area contributed by atoms with Crippen LogP contribution in [0.1, 0.15) is 31.7 Å². The van der Waals surface area contributed by atoms with E-state index in [2.05, 4.69) is 69.4 Å². The average molecular weight is 363 g/mol. The quantitative estimate of drug-likeness (QED) is 0.753. The maximum atomic E-state index is 4.45. The Morgan fingerprint density at radius 3 is 2.50 bits per heavy atom. The van der Waals surface area contributed by atoms with Crippen molar-refractivity contribution in [2.45, 2.75) is 34.1 Å². The number of aryl methyl sites for hydroxylation is 2.